The largest absolute Gasteiger partial charge is 0.345 e. The molecule has 0 radical (unpaired) electrons. The molecule has 0 spiro atoms. The van der Waals surface area contributed by atoms with E-state index in [9.17, 15) is 9.59 Å². The van der Waals surface area contributed by atoms with E-state index in [1.54, 1.807) is 23.7 Å². The second kappa shape index (κ2) is 11.0. The maximum absolute atomic E-state index is 12.3. The minimum atomic E-state index is -0.335. The second-order valence-electron chi connectivity index (χ2n) is 6.35. The molecule has 0 saturated heterocycles. The molecule has 2 aromatic carbocycles. The van der Waals surface area contributed by atoms with Crippen molar-refractivity contribution in [1.82, 2.24) is 20.1 Å². The Balaban J connectivity index is 1.55. The number of nitrogens with zero attached hydrogens (tertiary/aromatic N) is 3. The lowest BCUT2D eigenvalue weighted by atomic mass is 10.2. The third-order valence-corrected chi connectivity index (χ3v) is 6.92. The van der Waals surface area contributed by atoms with Crippen molar-refractivity contribution in [3.63, 3.8) is 0 Å². The first-order chi connectivity index (χ1) is 15.2. The number of nitrogens with one attached hydrogen (secondary N) is 2. The average Bonchev–Trinajstić information content (AvgIpc) is 3.10. The Morgan fingerprint density at radius 1 is 0.938 bits per heavy atom. The summed E-state index contributed by atoms with van der Waals surface area (Å²) in [6, 6.07) is 7.53. The molecule has 1 aromatic heterocycles. The van der Waals surface area contributed by atoms with Gasteiger partial charge in [0, 0.05) is 12.6 Å². The highest BCUT2D eigenvalue weighted by Gasteiger charge is 2.15. The number of halogens is 5. The number of aromatic nitrogens is 3. The highest BCUT2D eigenvalue weighted by atomic mass is 35.5. The molecule has 0 unspecified atom stereocenters. The van der Waals surface area contributed by atoms with Crippen LogP contribution in [0.1, 0.15) is 16.2 Å². The van der Waals surface area contributed by atoms with Crippen molar-refractivity contribution in [3.8, 4) is 0 Å². The van der Waals surface area contributed by atoms with E-state index in [0.29, 0.717) is 32.3 Å². The van der Waals surface area contributed by atoms with Gasteiger partial charge in [0.2, 0.25) is 5.91 Å². The second-order valence-corrected chi connectivity index (χ2v) is 9.33. The lowest BCUT2D eigenvalue weighted by Crippen LogP contribution is -2.24. The van der Waals surface area contributed by atoms with Crippen LogP contribution in [0, 0.1) is 0 Å². The fraction of sp³-hybridized carbons (Fsp3) is 0.158. The van der Waals surface area contributed by atoms with Gasteiger partial charge < -0.3 is 15.2 Å². The number of amides is 2. The van der Waals surface area contributed by atoms with Crippen LogP contribution in [0.5, 0.6) is 0 Å². The molecule has 0 fully saturated rings. The van der Waals surface area contributed by atoms with Crippen LogP contribution in [-0.2, 0) is 18.4 Å². The van der Waals surface area contributed by atoms with Crippen LogP contribution in [0.2, 0.25) is 25.1 Å². The Hall–Kier alpha value is -1.68. The number of hydrogen-bond donors (Lipinski definition) is 2. The van der Waals surface area contributed by atoms with Crippen molar-refractivity contribution < 1.29 is 9.59 Å². The van der Waals surface area contributed by atoms with Crippen LogP contribution in [0.4, 0.5) is 5.69 Å². The summed E-state index contributed by atoms with van der Waals surface area (Å²) in [4.78, 5) is 24.6. The van der Waals surface area contributed by atoms with Gasteiger partial charge in [0.15, 0.2) is 11.0 Å². The predicted molar refractivity (Wildman–Crippen MR) is 129 cm³/mol. The quantitative estimate of drug-likeness (QED) is 0.288. The van der Waals surface area contributed by atoms with Gasteiger partial charge in [-0.05, 0) is 30.3 Å². The maximum Gasteiger partial charge on any atom is 0.251 e. The number of thioether (sulfide) groups is 1. The third-order valence-electron chi connectivity index (χ3n) is 4.13. The van der Waals surface area contributed by atoms with Gasteiger partial charge in [-0.3, -0.25) is 9.59 Å². The fourth-order valence-electron chi connectivity index (χ4n) is 2.46. The normalized spacial score (nSPS) is 10.8. The van der Waals surface area contributed by atoms with Gasteiger partial charge in [-0.25, -0.2) is 0 Å². The highest BCUT2D eigenvalue weighted by Crippen LogP contribution is 2.32. The molecule has 168 valence electrons. The van der Waals surface area contributed by atoms with E-state index < -0.39 is 0 Å². The zero-order chi connectivity index (χ0) is 23.4. The molecular formula is C19H14Cl5N5O2S. The summed E-state index contributed by atoms with van der Waals surface area (Å²) in [6.45, 7) is 0.133. The molecule has 0 aliphatic heterocycles. The molecule has 13 heteroatoms. The molecule has 1 heterocycles. The minimum absolute atomic E-state index is 0.0538. The Morgan fingerprint density at radius 3 is 2.34 bits per heavy atom. The minimum Gasteiger partial charge on any atom is -0.345 e. The van der Waals surface area contributed by atoms with E-state index in [2.05, 4.69) is 20.8 Å². The first-order valence-corrected chi connectivity index (χ1v) is 11.7. The standard InChI is InChI=1S/C19H14Cl5N5O2S/c1-29-16(7-25-18(31)9-2-3-10(20)11(21)4-9)27-28-19(29)32-8-17(30)26-15-6-13(23)12(22)5-14(15)24/h2-6H,7-8H2,1H3,(H,25,31)(H,26,30). The lowest BCUT2D eigenvalue weighted by Gasteiger charge is -2.09. The van der Waals surface area contributed by atoms with Crippen LogP contribution in [0.15, 0.2) is 35.5 Å². The van der Waals surface area contributed by atoms with Crippen LogP contribution in [0.25, 0.3) is 0 Å². The predicted octanol–water partition coefficient (Wildman–Crippen LogP) is 5.74. The summed E-state index contributed by atoms with van der Waals surface area (Å²) in [5.74, 6) is -0.0849. The average molecular weight is 554 g/mol. The SMILES string of the molecule is Cn1c(CNC(=O)c2ccc(Cl)c(Cl)c2)nnc1SCC(=O)Nc1cc(Cl)c(Cl)cc1Cl. The maximum atomic E-state index is 12.3. The summed E-state index contributed by atoms with van der Waals surface area (Å²) in [7, 11) is 1.73. The highest BCUT2D eigenvalue weighted by molar-refractivity contribution is 7.99. The zero-order valence-electron chi connectivity index (χ0n) is 16.3. The smallest absolute Gasteiger partial charge is 0.251 e. The van der Waals surface area contributed by atoms with Gasteiger partial charge >= 0.3 is 0 Å². The number of carbonyl (C=O) groups excluding carboxylic acids is 2. The lowest BCUT2D eigenvalue weighted by molar-refractivity contribution is -0.113. The molecule has 3 rings (SSSR count). The summed E-state index contributed by atoms with van der Waals surface area (Å²) in [6.07, 6.45) is 0. The summed E-state index contributed by atoms with van der Waals surface area (Å²) >= 11 is 30.9. The van der Waals surface area contributed by atoms with Crippen molar-refractivity contribution in [3.05, 3.63) is 66.8 Å². The van der Waals surface area contributed by atoms with E-state index in [4.69, 9.17) is 58.0 Å². The number of carbonyl (C=O) groups is 2. The van der Waals surface area contributed by atoms with Crippen molar-refractivity contribution in [2.24, 2.45) is 7.05 Å². The molecule has 2 N–H and O–H groups in total. The first kappa shape index (κ1) is 25.0. The number of anilines is 1. The molecule has 0 aliphatic rings. The van der Waals surface area contributed by atoms with Crippen LogP contribution >= 0.6 is 69.8 Å². The van der Waals surface area contributed by atoms with Crippen LogP contribution in [-0.4, -0.2) is 32.3 Å². The molecule has 2 amide bonds. The summed E-state index contributed by atoms with van der Waals surface area (Å²) < 4.78 is 1.68. The van der Waals surface area contributed by atoms with Crippen molar-refractivity contribution in [2.45, 2.75) is 11.7 Å². The Labute approximate surface area is 212 Å². The first-order valence-electron chi connectivity index (χ1n) is 8.84. The molecule has 0 bridgehead atoms. The van der Waals surface area contributed by atoms with E-state index in [0.717, 1.165) is 0 Å². The zero-order valence-corrected chi connectivity index (χ0v) is 20.9. The number of hydrogen-bond acceptors (Lipinski definition) is 5. The molecule has 0 aliphatic carbocycles. The Bertz CT molecular complexity index is 1190. The molecule has 0 atom stereocenters. The van der Waals surface area contributed by atoms with Gasteiger partial charge in [0.05, 0.1) is 43.1 Å². The van der Waals surface area contributed by atoms with Gasteiger partial charge in [-0.2, -0.15) is 0 Å². The topological polar surface area (TPSA) is 88.9 Å². The van der Waals surface area contributed by atoms with Crippen molar-refractivity contribution in [1.29, 1.82) is 0 Å². The van der Waals surface area contributed by atoms with Gasteiger partial charge in [-0.1, -0.05) is 69.8 Å². The summed E-state index contributed by atoms with van der Waals surface area (Å²) in [5, 5.41) is 15.5. The van der Waals surface area contributed by atoms with E-state index >= 15 is 0 Å². The molecule has 0 saturated carbocycles. The number of benzene rings is 2. The van der Waals surface area contributed by atoms with Gasteiger partial charge in [-0.15, -0.1) is 10.2 Å². The van der Waals surface area contributed by atoms with Gasteiger partial charge in [0.25, 0.3) is 5.91 Å². The third kappa shape index (κ3) is 6.21. The Morgan fingerprint density at radius 2 is 1.62 bits per heavy atom. The molecule has 3 aromatic rings. The van der Waals surface area contributed by atoms with Crippen molar-refractivity contribution >= 4 is 87.3 Å². The molecular weight excluding hydrogens is 540 g/mol. The molecule has 32 heavy (non-hydrogen) atoms. The fourth-order valence-corrected chi connectivity index (χ4v) is 4.08. The van der Waals surface area contributed by atoms with E-state index in [-0.39, 0.29) is 39.2 Å². The van der Waals surface area contributed by atoms with Crippen LogP contribution in [0.3, 0.4) is 0 Å². The number of rotatable bonds is 7. The van der Waals surface area contributed by atoms with Crippen LogP contribution < -0.4 is 10.6 Å². The molecule has 7 nitrogen and oxygen atoms in total. The Kier molecular flexibility index (Phi) is 8.55. The monoisotopic (exact) mass is 551 g/mol. The van der Waals surface area contributed by atoms with Gasteiger partial charge in [0.1, 0.15) is 0 Å². The summed E-state index contributed by atoms with van der Waals surface area (Å²) in [5.41, 5.74) is 0.726. The van der Waals surface area contributed by atoms with E-state index in [1.807, 2.05) is 0 Å². The van der Waals surface area contributed by atoms with E-state index in [1.165, 1.54) is 30.0 Å². The van der Waals surface area contributed by atoms with Crippen molar-refractivity contribution in [2.75, 3.05) is 11.1 Å².